The van der Waals surface area contributed by atoms with Crippen molar-refractivity contribution < 1.29 is 14.3 Å². The molecule has 1 aliphatic rings. The number of carbonyl (C=O) groups excluding carboxylic acids is 2. The van der Waals surface area contributed by atoms with Gasteiger partial charge in [-0.3, -0.25) is 9.59 Å². The van der Waals surface area contributed by atoms with Gasteiger partial charge in [-0.05, 0) is 43.2 Å². The summed E-state index contributed by atoms with van der Waals surface area (Å²) in [5.41, 5.74) is 7.61. The van der Waals surface area contributed by atoms with Crippen LogP contribution in [0.25, 0.3) is 11.0 Å². The first-order valence-corrected chi connectivity index (χ1v) is 11.0. The topological polar surface area (TPSA) is 143 Å². The lowest BCUT2D eigenvalue weighted by Gasteiger charge is -2.37. The Balaban J connectivity index is 1.22. The van der Waals surface area contributed by atoms with Crippen molar-refractivity contribution in [3.05, 3.63) is 47.7 Å². The van der Waals surface area contributed by atoms with Crippen molar-refractivity contribution in [2.75, 3.05) is 38.3 Å². The molecule has 0 radical (unpaired) electrons. The third-order valence-corrected chi connectivity index (χ3v) is 6.08. The van der Waals surface area contributed by atoms with Crippen molar-refractivity contribution in [1.82, 2.24) is 24.9 Å². The molecule has 2 N–H and O–H groups in total. The minimum atomic E-state index is -0.515. The molecule has 11 heteroatoms. The van der Waals surface area contributed by atoms with E-state index in [1.54, 1.807) is 40.0 Å². The number of ether oxygens (including phenoxy) is 1. The third kappa shape index (κ3) is 5.13. The van der Waals surface area contributed by atoms with Gasteiger partial charge in [0.15, 0.2) is 0 Å². The molecule has 1 aromatic carbocycles. The van der Waals surface area contributed by atoms with E-state index < -0.39 is 5.91 Å². The Labute approximate surface area is 196 Å². The molecular formula is C23H26N8O3. The lowest BCUT2D eigenvalue weighted by molar-refractivity contribution is -0.137. The van der Waals surface area contributed by atoms with Gasteiger partial charge in [0.2, 0.25) is 11.8 Å². The molecule has 0 bridgehead atoms. The molecule has 0 spiro atoms. The smallest absolute Gasteiger partial charge is 0.248 e. The van der Waals surface area contributed by atoms with Crippen LogP contribution in [0.4, 0.5) is 5.82 Å². The van der Waals surface area contributed by atoms with Gasteiger partial charge in [-0.15, -0.1) is 5.10 Å². The van der Waals surface area contributed by atoms with Crippen LogP contribution in [0.5, 0.6) is 0 Å². The van der Waals surface area contributed by atoms with E-state index in [4.69, 9.17) is 15.7 Å². The number of nitrogens with zero attached hydrogens (tertiary/aromatic N) is 7. The fourth-order valence-corrected chi connectivity index (χ4v) is 4.02. The summed E-state index contributed by atoms with van der Waals surface area (Å²) in [5.74, 6) is 0.256. The van der Waals surface area contributed by atoms with Crippen molar-refractivity contribution >= 4 is 28.7 Å². The summed E-state index contributed by atoms with van der Waals surface area (Å²) < 4.78 is 7.23. The maximum Gasteiger partial charge on any atom is 0.248 e. The molecule has 1 fully saturated rings. The summed E-state index contributed by atoms with van der Waals surface area (Å²) in [7, 11) is 1.81. The molecule has 1 saturated heterocycles. The zero-order valence-electron chi connectivity index (χ0n) is 18.9. The molecular weight excluding hydrogens is 436 g/mol. The van der Waals surface area contributed by atoms with E-state index >= 15 is 0 Å². The molecule has 3 aromatic rings. The van der Waals surface area contributed by atoms with Gasteiger partial charge in [-0.2, -0.15) is 5.26 Å². The molecule has 0 aliphatic carbocycles. The maximum atomic E-state index is 12.6. The molecule has 2 amide bonds. The average molecular weight is 463 g/mol. The highest BCUT2D eigenvalue weighted by Crippen LogP contribution is 2.21. The standard InChI is InChI=1S/C23H26N8O3/c1-29(18-6-8-30(9-7-18)21-5-2-16(13-24)14-26-21)22(32)15-34-11-10-31-20-12-17(23(25)33)3-4-19(20)27-28-31/h2-5,12,14,18H,6-11,15H2,1H3,(H2,25,33). The summed E-state index contributed by atoms with van der Waals surface area (Å²) in [4.78, 5) is 32.3. The zero-order chi connectivity index (χ0) is 24.1. The van der Waals surface area contributed by atoms with E-state index in [1.165, 1.54) is 0 Å². The van der Waals surface area contributed by atoms with Crippen molar-refractivity contribution in [3.8, 4) is 6.07 Å². The number of rotatable bonds is 8. The van der Waals surface area contributed by atoms with E-state index in [9.17, 15) is 9.59 Å². The minimum Gasteiger partial charge on any atom is -0.370 e. The maximum absolute atomic E-state index is 12.6. The first kappa shape index (κ1) is 23.1. The summed E-state index contributed by atoms with van der Waals surface area (Å²) in [6, 6.07) is 10.8. The number of piperidine rings is 1. The van der Waals surface area contributed by atoms with Gasteiger partial charge in [0.25, 0.3) is 0 Å². The Bertz CT molecular complexity index is 1210. The van der Waals surface area contributed by atoms with Crippen molar-refractivity contribution in [3.63, 3.8) is 0 Å². The van der Waals surface area contributed by atoms with Gasteiger partial charge in [-0.1, -0.05) is 5.21 Å². The molecule has 4 rings (SSSR count). The largest absolute Gasteiger partial charge is 0.370 e. The molecule has 0 atom stereocenters. The summed E-state index contributed by atoms with van der Waals surface area (Å²) in [6.07, 6.45) is 3.24. The summed E-state index contributed by atoms with van der Waals surface area (Å²) in [6.45, 7) is 2.23. The van der Waals surface area contributed by atoms with Gasteiger partial charge in [-0.25, -0.2) is 9.67 Å². The second kappa shape index (κ2) is 10.3. The number of benzene rings is 1. The number of nitrogens with two attached hydrogens (primary N) is 1. The first-order valence-electron chi connectivity index (χ1n) is 11.0. The Morgan fingerprint density at radius 2 is 2.06 bits per heavy atom. The highest BCUT2D eigenvalue weighted by Gasteiger charge is 2.26. The molecule has 3 heterocycles. The molecule has 0 unspecified atom stereocenters. The highest BCUT2D eigenvalue weighted by atomic mass is 16.5. The number of nitriles is 1. The fraction of sp³-hybridized carbons (Fsp3) is 0.391. The van der Waals surface area contributed by atoms with Gasteiger partial charge >= 0.3 is 0 Å². The van der Waals surface area contributed by atoms with E-state index in [0.29, 0.717) is 28.7 Å². The van der Waals surface area contributed by atoms with Crippen LogP contribution in [0.15, 0.2) is 36.5 Å². The Hall–Kier alpha value is -4.04. The van der Waals surface area contributed by atoms with Crippen LogP contribution in [-0.2, 0) is 16.1 Å². The number of amides is 2. The Morgan fingerprint density at radius 3 is 2.74 bits per heavy atom. The van der Waals surface area contributed by atoms with Gasteiger partial charge in [0.05, 0.1) is 24.2 Å². The van der Waals surface area contributed by atoms with Crippen molar-refractivity contribution in [2.24, 2.45) is 5.73 Å². The van der Waals surface area contributed by atoms with Gasteiger partial charge in [0.1, 0.15) is 24.0 Å². The minimum absolute atomic E-state index is 0.0208. The fourth-order valence-electron chi connectivity index (χ4n) is 4.02. The highest BCUT2D eigenvalue weighted by molar-refractivity contribution is 5.96. The number of pyridine rings is 1. The van der Waals surface area contributed by atoms with E-state index in [-0.39, 0.29) is 25.2 Å². The Morgan fingerprint density at radius 1 is 1.26 bits per heavy atom. The SMILES string of the molecule is CN(C(=O)COCCn1nnc2ccc(C(N)=O)cc21)C1CCN(c2ccc(C#N)cn2)CC1. The van der Waals surface area contributed by atoms with Crippen LogP contribution >= 0.6 is 0 Å². The van der Waals surface area contributed by atoms with Crippen LogP contribution in [-0.4, -0.2) is 76.1 Å². The molecule has 34 heavy (non-hydrogen) atoms. The number of hydrogen-bond donors (Lipinski definition) is 1. The predicted octanol–water partition coefficient (Wildman–Crippen LogP) is 0.941. The molecule has 2 aromatic heterocycles. The van der Waals surface area contributed by atoms with Crippen LogP contribution in [0.1, 0.15) is 28.8 Å². The number of carbonyl (C=O) groups is 2. The van der Waals surface area contributed by atoms with Crippen LogP contribution in [0, 0.1) is 11.3 Å². The molecule has 1 aliphatic heterocycles. The van der Waals surface area contributed by atoms with Crippen LogP contribution in [0.2, 0.25) is 0 Å². The van der Waals surface area contributed by atoms with E-state index in [1.807, 2.05) is 13.1 Å². The first-order chi connectivity index (χ1) is 16.5. The number of likely N-dealkylation sites (N-methyl/N-ethyl adjacent to an activating group) is 1. The third-order valence-electron chi connectivity index (χ3n) is 6.08. The summed E-state index contributed by atoms with van der Waals surface area (Å²) in [5, 5.41) is 17.1. The Kier molecular flexibility index (Phi) is 6.98. The molecule has 0 saturated carbocycles. The lowest BCUT2D eigenvalue weighted by Crippen LogP contribution is -2.46. The van der Waals surface area contributed by atoms with Crippen molar-refractivity contribution in [1.29, 1.82) is 5.26 Å². The average Bonchev–Trinajstić information content (AvgIpc) is 3.28. The zero-order valence-corrected chi connectivity index (χ0v) is 18.9. The number of primary amides is 1. The van der Waals surface area contributed by atoms with Crippen LogP contribution in [0.3, 0.4) is 0 Å². The van der Waals surface area contributed by atoms with E-state index in [0.717, 1.165) is 31.7 Å². The predicted molar refractivity (Wildman–Crippen MR) is 124 cm³/mol. The second-order valence-corrected chi connectivity index (χ2v) is 8.17. The molecule has 11 nitrogen and oxygen atoms in total. The lowest BCUT2D eigenvalue weighted by atomic mass is 10.0. The number of hydrogen-bond acceptors (Lipinski definition) is 8. The summed E-state index contributed by atoms with van der Waals surface area (Å²) >= 11 is 0. The monoisotopic (exact) mass is 462 g/mol. The van der Waals surface area contributed by atoms with Gasteiger partial charge in [0, 0.05) is 37.9 Å². The van der Waals surface area contributed by atoms with Crippen molar-refractivity contribution in [2.45, 2.75) is 25.4 Å². The normalized spacial score (nSPS) is 14.2. The second-order valence-electron chi connectivity index (χ2n) is 8.17. The molecule has 176 valence electrons. The van der Waals surface area contributed by atoms with Gasteiger partial charge < -0.3 is 20.3 Å². The number of anilines is 1. The van der Waals surface area contributed by atoms with E-state index in [2.05, 4.69) is 26.3 Å². The van der Waals surface area contributed by atoms with Crippen LogP contribution < -0.4 is 10.6 Å². The quantitative estimate of drug-likeness (QED) is 0.487. The number of fused-ring (bicyclic) bond motifs is 1. The number of aromatic nitrogens is 4.